The summed E-state index contributed by atoms with van der Waals surface area (Å²) in [5, 5.41) is 2.59. The zero-order valence-corrected chi connectivity index (χ0v) is 11.6. The molecule has 0 aliphatic rings. The number of aryl methyl sites for hydroxylation is 1. The molecule has 0 unspecified atom stereocenters. The predicted molar refractivity (Wildman–Crippen MR) is 73.6 cm³/mol. The van der Waals surface area contributed by atoms with E-state index in [2.05, 4.69) is 15.3 Å². The van der Waals surface area contributed by atoms with Gasteiger partial charge in [0, 0.05) is 24.4 Å². The summed E-state index contributed by atoms with van der Waals surface area (Å²) < 4.78 is 26.3. The van der Waals surface area contributed by atoms with E-state index in [0.29, 0.717) is 17.7 Å². The van der Waals surface area contributed by atoms with E-state index in [1.807, 2.05) is 6.92 Å². The summed E-state index contributed by atoms with van der Waals surface area (Å²) in [5.74, 6) is -1.71. The molecular formula is C15H15F2N3O. The minimum atomic E-state index is -0.687. The van der Waals surface area contributed by atoms with Crippen LogP contribution in [0.4, 0.5) is 8.78 Å². The number of carbonyl (C=O) groups is 1. The van der Waals surface area contributed by atoms with Crippen molar-refractivity contribution in [1.82, 2.24) is 15.3 Å². The topological polar surface area (TPSA) is 54.9 Å². The highest BCUT2D eigenvalue weighted by molar-refractivity contribution is 5.94. The van der Waals surface area contributed by atoms with Gasteiger partial charge in [-0.15, -0.1) is 0 Å². The minimum Gasteiger partial charge on any atom is -0.348 e. The first-order valence-corrected chi connectivity index (χ1v) is 6.62. The molecule has 1 aromatic carbocycles. The van der Waals surface area contributed by atoms with Gasteiger partial charge in [-0.2, -0.15) is 0 Å². The molecule has 6 heteroatoms. The van der Waals surface area contributed by atoms with Crippen LogP contribution in [0, 0.1) is 11.6 Å². The van der Waals surface area contributed by atoms with E-state index in [4.69, 9.17) is 0 Å². The number of hydrogen-bond acceptors (Lipinski definition) is 3. The fourth-order valence-corrected chi connectivity index (χ4v) is 1.92. The van der Waals surface area contributed by atoms with E-state index in [-0.39, 0.29) is 18.0 Å². The molecule has 1 amide bonds. The molecular weight excluding hydrogens is 276 g/mol. The fraction of sp³-hybridized carbons (Fsp3) is 0.267. The van der Waals surface area contributed by atoms with Crippen LogP contribution in [0.3, 0.4) is 0 Å². The van der Waals surface area contributed by atoms with Crippen LogP contribution in [-0.2, 0) is 13.0 Å². The Balaban J connectivity index is 2.08. The Bertz CT molecular complexity index is 647. The monoisotopic (exact) mass is 291 g/mol. The van der Waals surface area contributed by atoms with Gasteiger partial charge < -0.3 is 5.32 Å². The van der Waals surface area contributed by atoms with Gasteiger partial charge in [-0.25, -0.2) is 18.7 Å². The van der Waals surface area contributed by atoms with E-state index in [1.54, 1.807) is 0 Å². The second-order valence-corrected chi connectivity index (χ2v) is 4.55. The lowest BCUT2D eigenvalue weighted by Crippen LogP contribution is -2.25. The van der Waals surface area contributed by atoms with E-state index in [1.165, 1.54) is 18.6 Å². The number of carbonyl (C=O) groups excluding carboxylic acids is 1. The molecule has 0 spiro atoms. The molecule has 4 nitrogen and oxygen atoms in total. The second-order valence-electron chi connectivity index (χ2n) is 4.55. The number of amides is 1. The summed E-state index contributed by atoms with van der Waals surface area (Å²) in [6.45, 7) is 1.96. The van der Waals surface area contributed by atoms with Crippen LogP contribution in [0.5, 0.6) is 0 Å². The Kier molecular flexibility index (Phi) is 4.92. The lowest BCUT2D eigenvalue weighted by atomic mass is 10.1. The largest absolute Gasteiger partial charge is 0.348 e. The molecule has 0 fully saturated rings. The van der Waals surface area contributed by atoms with Crippen LogP contribution in [0.25, 0.3) is 0 Å². The van der Waals surface area contributed by atoms with Crippen molar-refractivity contribution in [3.05, 3.63) is 59.2 Å². The average Bonchev–Trinajstić information content (AvgIpc) is 2.47. The van der Waals surface area contributed by atoms with Gasteiger partial charge in [0.2, 0.25) is 0 Å². The number of rotatable bonds is 5. The third kappa shape index (κ3) is 3.81. The van der Waals surface area contributed by atoms with E-state index >= 15 is 0 Å². The standard InChI is InChI=1S/C15H15F2N3O/c1-2-3-14-12(8-18-9-20-14)15(21)19-7-10-4-5-11(16)6-13(10)17/h4-6,8-9H,2-3,7H2,1H3,(H,19,21). The highest BCUT2D eigenvalue weighted by Gasteiger charge is 2.13. The quantitative estimate of drug-likeness (QED) is 0.921. The van der Waals surface area contributed by atoms with Crippen LogP contribution in [0.2, 0.25) is 0 Å². The van der Waals surface area contributed by atoms with Crippen molar-refractivity contribution in [2.75, 3.05) is 0 Å². The maximum absolute atomic E-state index is 13.5. The molecule has 0 atom stereocenters. The van der Waals surface area contributed by atoms with Crippen molar-refractivity contribution in [2.45, 2.75) is 26.3 Å². The van der Waals surface area contributed by atoms with Crippen molar-refractivity contribution >= 4 is 5.91 Å². The van der Waals surface area contributed by atoms with Crippen molar-refractivity contribution in [3.63, 3.8) is 0 Å². The number of halogens is 2. The smallest absolute Gasteiger partial charge is 0.254 e. The molecule has 110 valence electrons. The lowest BCUT2D eigenvalue weighted by molar-refractivity contribution is 0.0948. The van der Waals surface area contributed by atoms with Gasteiger partial charge >= 0.3 is 0 Å². The summed E-state index contributed by atoms with van der Waals surface area (Å²) in [6.07, 6.45) is 4.34. The van der Waals surface area contributed by atoms with Crippen LogP contribution >= 0.6 is 0 Å². The Morgan fingerprint density at radius 1 is 1.33 bits per heavy atom. The van der Waals surface area contributed by atoms with Crippen LogP contribution in [-0.4, -0.2) is 15.9 Å². The molecule has 2 aromatic rings. The average molecular weight is 291 g/mol. The summed E-state index contributed by atoms with van der Waals surface area (Å²) in [5.41, 5.74) is 1.25. The molecule has 1 N–H and O–H groups in total. The van der Waals surface area contributed by atoms with E-state index < -0.39 is 11.6 Å². The molecule has 21 heavy (non-hydrogen) atoms. The van der Waals surface area contributed by atoms with Gasteiger partial charge in [0.25, 0.3) is 5.91 Å². The molecule has 1 aromatic heterocycles. The van der Waals surface area contributed by atoms with Crippen molar-refractivity contribution in [1.29, 1.82) is 0 Å². The van der Waals surface area contributed by atoms with Gasteiger partial charge in [-0.1, -0.05) is 19.4 Å². The summed E-state index contributed by atoms with van der Waals surface area (Å²) in [6, 6.07) is 3.24. The molecule has 0 aliphatic heterocycles. The van der Waals surface area contributed by atoms with Crippen LogP contribution < -0.4 is 5.32 Å². The zero-order valence-electron chi connectivity index (χ0n) is 11.6. The third-order valence-electron chi connectivity index (χ3n) is 2.98. The Labute approximate surface area is 121 Å². The van der Waals surface area contributed by atoms with Crippen molar-refractivity contribution < 1.29 is 13.6 Å². The van der Waals surface area contributed by atoms with Gasteiger partial charge in [0.05, 0.1) is 11.3 Å². The van der Waals surface area contributed by atoms with Crippen molar-refractivity contribution in [3.8, 4) is 0 Å². The summed E-state index contributed by atoms with van der Waals surface area (Å²) in [4.78, 5) is 20.0. The van der Waals surface area contributed by atoms with E-state index in [9.17, 15) is 13.6 Å². The summed E-state index contributed by atoms with van der Waals surface area (Å²) in [7, 11) is 0. The molecule has 0 saturated heterocycles. The summed E-state index contributed by atoms with van der Waals surface area (Å²) >= 11 is 0. The molecule has 0 radical (unpaired) electrons. The van der Waals surface area contributed by atoms with Crippen LogP contribution in [0.15, 0.2) is 30.7 Å². The van der Waals surface area contributed by atoms with Crippen LogP contribution in [0.1, 0.15) is 35.0 Å². The fourth-order valence-electron chi connectivity index (χ4n) is 1.92. The minimum absolute atomic E-state index is 0.0224. The SMILES string of the molecule is CCCc1ncncc1C(=O)NCc1ccc(F)cc1F. The molecule has 0 aliphatic carbocycles. The van der Waals surface area contributed by atoms with Gasteiger partial charge in [0.1, 0.15) is 18.0 Å². The lowest BCUT2D eigenvalue weighted by Gasteiger charge is -2.09. The number of hydrogen-bond donors (Lipinski definition) is 1. The maximum Gasteiger partial charge on any atom is 0.254 e. The first-order valence-electron chi connectivity index (χ1n) is 6.62. The Morgan fingerprint density at radius 2 is 2.14 bits per heavy atom. The first-order chi connectivity index (χ1) is 10.1. The highest BCUT2D eigenvalue weighted by Crippen LogP contribution is 2.10. The van der Waals surface area contributed by atoms with E-state index in [0.717, 1.165) is 18.6 Å². The van der Waals surface area contributed by atoms with Crippen molar-refractivity contribution in [2.24, 2.45) is 0 Å². The first kappa shape index (κ1) is 15.0. The number of aromatic nitrogens is 2. The predicted octanol–water partition coefficient (Wildman–Crippen LogP) is 2.64. The molecule has 0 saturated carbocycles. The van der Waals surface area contributed by atoms with Gasteiger partial charge in [-0.3, -0.25) is 4.79 Å². The Morgan fingerprint density at radius 3 is 2.86 bits per heavy atom. The maximum atomic E-state index is 13.5. The molecule has 2 rings (SSSR count). The number of benzene rings is 1. The zero-order chi connectivity index (χ0) is 15.2. The molecule has 1 heterocycles. The molecule has 0 bridgehead atoms. The highest BCUT2D eigenvalue weighted by atomic mass is 19.1. The third-order valence-corrected chi connectivity index (χ3v) is 2.98. The van der Waals surface area contributed by atoms with Gasteiger partial charge in [-0.05, 0) is 12.5 Å². The second kappa shape index (κ2) is 6.88. The number of nitrogens with zero attached hydrogens (tertiary/aromatic N) is 2. The normalized spacial score (nSPS) is 10.4. The number of nitrogens with one attached hydrogen (secondary N) is 1. The van der Waals surface area contributed by atoms with Gasteiger partial charge in [0.15, 0.2) is 0 Å². The Hall–Kier alpha value is -2.37.